The molecule has 4 rings (SSSR count). The molecule has 2 N–H and O–H groups in total. The first-order valence-electron chi connectivity index (χ1n) is 10.2. The minimum atomic E-state index is -0.261. The quantitative estimate of drug-likeness (QED) is 0.512. The molecule has 1 aliphatic rings. The number of nitrogens with one attached hydrogen (secondary N) is 2. The molecular weight excluding hydrogens is 448 g/mol. The van der Waals surface area contributed by atoms with Gasteiger partial charge in [0.1, 0.15) is 4.88 Å². The van der Waals surface area contributed by atoms with E-state index in [0.717, 1.165) is 24.1 Å². The van der Waals surface area contributed by atoms with Crippen LogP contribution in [0.5, 0.6) is 0 Å². The van der Waals surface area contributed by atoms with Crippen molar-refractivity contribution in [1.29, 1.82) is 0 Å². The highest BCUT2D eigenvalue weighted by Gasteiger charge is 2.23. The van der Waals surface area contributed by atoms with Crippen LogP contribution in [0.2, 0.25) is 5.02 Å². The second-order valence-corrected chi connectivity index (χ2v) is 8.95. The Hall–Kier alpha value is -3.17. The van der Waals surface area contributed by atoms with Crippen LogP contribution in [-0.2, 0) is 4.79 Å². The van der Waals surface area contributed by atoms with Crippen molar-refractivity contribution >= 4 is 51.3 Å². The molecule has 0 radical (unpaired) electrons. The average molecular weight is 471 g/mol. The summed E-state index contributed by atoms with van der Waals surface area (Å²) in [6, 6.07) is 5.70. The molecule has 3 aromatic rings. The van der Waals surface area contributed by atoms with Gasteiger partial charge < -0.3 is 15.5 Å². The van der Waals surface area contributed by atoms with Gasteiger partial charge in [-0.2, -0.15) is 5.10 Å². The number of carbonyl (C=O) groups excluding carboxylic acids is 2. The van der Waals surface area contributed by atoms with Crippen LogP contribution in [0.15, 0.2) is 49.4 Å². The van der Waals surface area contributed by atoms with Gasteiger partial charge in [-0.15, -0.1) is 0 Å². The maximum atomic E-state index is 12.6. The first kappa shape index (κ1) is 22.0. The van der Waals surface area contributed by atoms with Crippen molar-refractivity contribution in [2.45, 2.75) is 25.8 Å². The van der Waals surface area contributed by atoms with E-state index in [1.54, 1.807) is 17.2 Å². The van der Waals surface area contributed by atoms with Gasteiger partial charge in [0.05, 0.1) is 34.8 Å². The smallest absolute Gasteiger partial charge is 0.267 e. The number of aryl methyl sites for hydroxylation is 1. The Labute approximate surface area is 194 Å². The zero-order valence-electron chi connectivity index (χ0n) is 17.5. The first-order valence-corrected chi connectivity index (χ1v) is 11.4. The molecule has 0 saturated carbocycles. The van der Waals surface area contributed by atoms with Gasteiger partial charge in [-0.05, 0) is 37.5 Å². The minimum absolute atomic E-state index is 0.0282. The minimum Gasteiger partial charge on any atom is -0.339 e. The normalized spacial score (nSPS) is 14.2. The summed E-state index contributed by atoms with van der Waals surface area (Å²) in [4.78, 5) is 30.9. The molecule has 1 saturated heterocycles. The lowest BCUT2D eigenvalue weighted by Gasteiger charge is -2.31. The van der Waals surface area contributed by atoms with E-state index in [2.05, 4.69) is 27.3 Å². The number of aromatic nitrogens is 3. The number of thiazole rings is 1. The fourth-order valence-corrected chi connectivity index (χ4v) is 4.61. The summed E-state index contributed by atoms with van der Waals surface area (Å²) in [5.74, 6) is -0.289. The van der Waals surface area contributed by atoms with Crippen molar-refractivity contribution < 1.29 is 9.59 Å². The number of hydrogen-bond acceptors (Lipinski definition) is 6. The van der Waals surface area contributed by atoms with E-state index >= 15 is 0 Å². The predicted molar refractivity (Wildman–Crippen MR) is 127 cm³/mol. The molecule has 0 atom stereocenters. The summed E-state index contributed by atoms with van der Waals surface area (Å²) in [6.07, 6.45) is 8.21. The lowest BCUT2D eigenvalue weighted by molar-refractivity contribution is -0.127. The molecule has 0 unspecified atom stereocenters. The number of hydrogen-bond donors (Lipinski definition) is 2. The van der Waals surface area contributed by atoms with E-state index in [4.69, 9.17) is 11.6 Å². The molecule has 8 nitrogen and oxygen atoms in total. The Morgan fingerprint density at radius 3 is 2.78 bits per heavy atom. The largest absolute Gasteiger partial charge is 0.339 e. The Morgan fingerprint density at radius 2 is 2.06 bits per heavy atom. The first-order chi connectivity index (χ1) is 15.4. The van der Waals surface area contributed by atoms with Crippen LogP contribution >= 0.6 is 22.9 Å². The predicted octanol–water partition coefficient (Wildman–Crippen LogP) is 4.65. The third-order valence-corrected chi connectivity index (χ3v) is 6.59. The second-order valence-electron chi connectivity index (χ2n) is 7.51. The highest BCUT2D eigenvalue weighted by molar-refractivity contribution is 7.17. The third-order valence-electron chi connectivity index (χ3n) is 5.37. The van der Waals surface area contributed by atoms with E-state index in [9.17, 15) is 9.59 Å². The monoisotopic (exact) mass is 470 g/mol. The van der Waals surface area contributed by atoms with Crippen LogP contribution in [0.3, 0.4) is 0 Å². The number of amides is 2. The number of halogens is 1. The van der Waals surface area contributed by atoms with Crippen molar-refractivity contribution in [2.24, 2.45) is 0 Å². The van der Waals surface area contributed by atoms with Crippen LogP contribution < -0.4 is 10.6 Å². The van der Waals surface area contributed by atoms with E-state index in [-0.39, 0.29) is 17.9 Å². The zero-order chi connectivity index (χ0) is 22.7. The molecule has 166 valence electrons. The molecule has 1 fully saturated rings. The molecule has 2 amide bonds. The molecule has 0 spiro atoms. The van der Waals surface area contributed by atoms with Crippen molar-refractivity contribution in [3.8, 4) is 0 Å². The van der Waals surface area contributed by atoms with E-state index in [1.165, 1.54) is 23.6 Å². The van der Waals surface area contributed by atoms with Gasteiger partial charge in [0.2, 0.25) is 5.91 Å². The topological polar surface area (TPSA) is 92.2 Å². The summed E-state index contributed by atoms with van der Waals surface area (Å²) < 4.78 is 1.92. The Balaban J connectivity index is 1.36. The van der Waals surface area contributed by atoms with E-state index < -0.39 is 0 Å². The van der Waals surface area contributed by atoms with Crippen molar-refractivity contribution in [3.05, 3.63) is 64.9 Å². The zero-order valence-corrected chi connectivity index (χ0v) is 19.1. The van der Waals surface area contributed by atoms with Gasteiger partial charge in [-0.25, -0.2) is 4.98 Å². The Morgan fingerprint density at radius 1 is 1.28 bits per heavy atom. The summed E-state index contributed by atoms with van der Waals surface area (Å²) in [7, 11) is 0. The van der Waals surface area contributed by atoms with Crippen LogP contribution in [-0.4, -0.2) is 44.6 Å². The number of piperidine rings is 1. The summed E-state index contributed by atoms with van der Waals surface area (Å²) in [5.41, 5.74) is 2.28. The van der Waals surface area contributed by atoms with E-state index in [1.807, 2.05) is 29.9 Å². The average Bonchev–Trinajstić information content (AvgIpc) is 3.46. The molecular formula is C22H23ClN6O2S. The number of benzene rings is 1. The van der Waals surface area contributed by atoms with Crippen LogP contribution in [0.25, 0.3) is 0 Å². The van der Waals surface area contributed by atoms with E-state index in [0.29, 0.717) is 33.8 Å². The van der Waals surface area contributed by atoms with Gasteiger partial charge in [-0.1, -0.05) is 41.6 Å². The summed E-state index contributed by atoms with van der Waals surface area (Å²) in [6.45, 7) is 6.81. The lowest BCUT2D eigenvalue weighted by Crippen LogP contribution is -2.38. The Bertz CT molecular complexity index is 1130. The van der Waals surface area contributed by atoms with Gasteiger partial charge in [0.25, 0.3) is 5.91 Å². The fourth-order valence-electron chi connectivity index (χ4n) is 3.61. The van der Waals surface area contributed by atoms with Gasteiger partial charge in [0, 0.05) is 19.3 Å². The van der Waals surface area contributed by atoms with Gasteiger partial charge in [-0.3, -0.25) is 14.3 Å². The standard InChI is InChI=1S/C22H23ClN6O2S/c1-3-19(30)28-9-7-16(8-10-28)29-13-15(11-25-29)26-22-24-12-18(32-22)21(31)27-20-14(2)5-4-6-17(20)23/h3-6,11-13,16H,1,7-10H2,2H3,(H,24,26)(H,27,31). The number of para-hydroxylation sites is 1. The van der Waals surface area contributed by atoms with Crippen molar-refractivity contribution in [3.63, 3.8) is 0 Å². The highest BCUT2D eigenvalue weighted by atomic mass is 35.5. The lowest BCUT2D eigenvalue weighted by atomic mass is 10.1. The van der Waals surface area contributed by atoms with Gasteiger partial charge in [0.15, 0.2) is 5.13 Å². The fraction of sp³-hybridized carbons (Fsp3) is 0.273. The van der Waals surface area contributed by atoms with Crippen LogP contribution in [0, 0.1) is 6.92 Å². The Kier molecular flexibility index (Phi) is 6.57. The maximum absolute atomic E-state index is 12.6. The SMILES string of the molecule is C=CC(=O)N1CCC(n2cc(Nc3ncc(C(=O)Nc4c(C)cccc4Cl)s3)cn2)CC1. The molecule has 32 heavy (non-hydrogen) atoms. The van der Waals surface area contributed by atoms with Crippen molar-refractivity contribution in [1.82, 2.24) is 19.7 Å². The maximum Gasteiger partial charge on any atom is 0.267 e. The number of anilines is 3. The number of nitrogens with zero attached hydrogens (tertiary/aromatic N) is 4. The molecule has 1 aromatic carbocycles. The summed E-state index contributed by atoms with van der Waals surface area (Å²) >= 11 is 7.45. The molecule has 1 aliphatic heterocycles. The third kappa shape index (κ3) is 4.84. The van der Waals surface area contributed by atoms with Crippen LogP contribution in [0.1, 0.15) is 34.1 Å². The second kappa shape index (κ2) is 9.54. The molecule has 0 aliphatic carbocycles. The number of carbonyl (C=O) groups is 2. The molecule has 3 heterocycles. The molecule has 0 bridgehead atoms. The van der Waals surface area contributed by atoms with Gasteiger partial charge >= 0.3 is 0 Å². The summed E-state index contributed by atoms with van der Waals surface area (Å²) in [5, 5.41) is 11.6. The molecule has 2 aromatic heterocycles. The van der Waals surface area contributed by atoms with Crippen molar-refractivity contribution in [2.75, 3.05) is 23.7 Å². The highest BCUT2D eigenvalue weighted by Crippen LogP contribution is 2.29. The van der Waals surface area contributed by atoms with Crippen LogP contribution in [0.4, 0.5) is 16.5 Å². The molecule has 10 heteroatoms. The number of likely N-dealkylation sites (tertiary alicyclic amines) is 1. The number of rotatable bonds is 6.